The third-order valence-corrected chi connectivity index (χ3v) is 4.24. The van der Waals surface area contributed by atoms with E-state index < -0.39 is 0 Å². The van der Waals surface area contributed by atoms with Crippen LogP contribution in [0.5, 0.6) is 0 Å². The normalized spacial score (nSPS) is 15.9. The highest BCUT2D eigenvalue weighted by molar-refractivity contribution is 7.18. The Hall–Kier alpha value is -1.30. The second kappa shape index (κ2) is 6.23. The van der Waals surface area contributed by atoms with Gasteiger partial charge in [-0.3, -0.25) is 4.79 Å². The van der Waals surface area contributed by atoms with Gasteiger partial charge in [-0.2, -0.15) is 0 Å². The van der Waals surface area contributed by atoms with Gasteiger partial charge in [0.25, 0.3) is 5.91 Å². The van der Waals surface area contributed by atoms with Crippen LogP contribution in [0.25, 0.3) is 0 Å². The summed E-state index contributed by atoms with van der Waals surface area (Å²) in [6, 6.07) is 0.307. The van der Waals surface area contributed by atoms with Gasteiger partial charge >= 0.3 is 0 Å². The van der Waals surface area contributed by atoms with Crippen LogP contribution in [-0.4, -0.2) is 23.5 Å². The highest BCUT2D eigenvalue weighted by Crippen LogP contribution is 2.26. The maximum absolute atomic E-state index is 12.1. The molecule has 1 aliphatic rings. The SMILES string of the molecule is CC(C)CNc1nc(N)c(C(=O)NC2CCCC2)s1. The van der Waals surface area contributed by atoms with Crippen LogP contribution in [0.3, 0.4) is 0 Å². The van der Waals surface area contributed by atoms with Crippen LogP contribution >= 0.6 is 11.3 Å². The Labute approximate surface area is 118 Å². The second-order valence-corrected chi connectivity index (χ2v) is 6.46. The van der Waals surface area contributed by atoms with E-state index >= 15 is 0 Å². The highest BCUT2D eigenvalue weighted by atomic mass is 32.1. The van der Waals surface area contributed by atoms with Gasteiger partial charge in [-0.25, -0.2) is 4.98 Å². The maximum atomic E-state index is 12.1. The van der Waals surface area contributed by atoms with Gasteiger partial charge in [-0.05, 0) is 18.8 Å². The Kier molecular flexibility index (Phi) is 4.63. The summed E-state index contributed by atoms with van der Waals surface area (Å²) in [7, 11) is 0. The lowest BCUT2D eigenvalue weighted by molar-refractivity contribution is 0.0942. The number of rotatable bonds is 5. The van der Waals surface area contributed by atoms with Crippen LogP contribution in [0.15, 0.2) is 0 Å². The first-order chi connectivity index (χ1) is 9.06. The number of thiazole rings is 1. The predicted molar refractivity (Wildman–Crippen MR) is 79.6 cm³/mol. The molecule has 1 heterocycles. The molecule has 0 aliphatic heterocycles. The minimum absolute atomic E-state index is 0.0838. The summed E-state index contributed by atoms with van der Waals surface area (Å²) >= 11 is 1.33. The van der Waals surface area contributed by atoms with E-state index in [0.717, 1.165) is 24.5 Å². The van der Waals surface area contributed by atoms with Gasteiger partial charge in [0.1, 0.15) is 10.7 Å². The van der Waals surface area contributed by atoms with Gasteiger partial charge in [0.2, 0.25) is 0 Å². The Morgan fingerprint density at radius 2 is 2.16 bits per heavy atom. The van der Waals surface area contributed by atoms with Gasteiger partial charge in [0.05, 0.1) is 0 Å². The molecule has 19 heavy (non-hydrogen) atoms. The molecule has 5 nitrogen and oxygen atoms in total. The molecule has 0 spiro atoms. The minimum atomic E-state index is -0.0838. The van der Waals surface area contributed by atoms with Crippen LogP contribution in [-0.2, 0) is 0 Å². The molecule has 4 N–H and O–H groups in total. The molecular weight excluding hydrogens is 260 g/mol. The zero-order chi connectivity index (χ0) is 13.8. The van der Waals surface area contributed by atoms with Gasteiger partial charge in [0.15, 0.2) is 5.13 Å². The molecule has 1 fully saturated rings. The van der Waals surface area contributed by atoms with Crippen molar-refractivity contribution in [3.63, 3.8) is 0 Å². The number of anilines is 2. The molecular formula is C13H22N4OS. The van der Waals surface area contributed by atoms with E-state index in [2.05, 4.69) is 29.5 Å². The van der Waals surface area contributed by atoms with Crippen LogP contribution < -0.4 is 16.4 Å². The van der Waals surface area contributed by atoms with E-state index in [1.165, 1.54) is 24.2 Å². The van der Waals surface area contributed by atoms with E-state index in [1.807, 2.05) is 0 Å². The molecule has 0 aromatic carbocycles. The van der Waals surface area contributed by atoms with Crippen LogP contribution in [0, 0.1) is 5.92 Å². The van der Waals surface area contributed by atoms with Crippen molar-refractivity contribution < 1.29 is 4.79 Å². The molecule has 106 valence electrons. The third kappa shape index (κ3) is 3.83. The topological polar surface area (TPSA) is 80.0 Å². The van der Waals surface area contributed by atoms with Crippen LogP contribution in [0.2, 0.25) is 0 Å². The fraction of sp³-hybridized carbons (Fsp3) is 0.692. The van der Waals surface area contributed by atoms with Crippen molar-refractivity contribution in [1.82, 2.24) is 10.3 Å². The lowest BCUT2D eigenvalue weighted by Crippen LogP contribution is -2.32. The zero-order valence-corrected chi connectivity index (χ0v) is 12.3. The smallest absolute Gasteiger partial charge is 0.265 e. The average molecular weight is 282 g/mol. The summed E-state index contributed by atoms with van der Waals surface area (Å²) in [6.45, 7) is 5.08. The Morgan fingerprint density at radius 1 is 1.47 bits per heavy atom. The quantitative estimate of drug-likeness (QED) is 0.775. The van der Waals surface area contributed by atoms with E-state index in [0.29, 0.717) is 22.7 Å². The summed E-state index contributed by atoms with van der Waals surface area (Å²) in [6.07, 6.45) is 4.54. The molecule has 1 saturated carbocycles. The van der Waals surface area contributed by atoms with Crippen LogP contribution in [0.1, 0.15) is 49.2 Å². The standard InChI is InChI=1S/C13H22N4OS/c1-8(2)7-15-13-17-11(14)10(19-13)12(18)16-9-5-3-4-6-9/h8-9H,3-7,14H2,1-2H3,(H,15,17)(H,16,18). The highest BCUT2D eigenvalue weighted by Gasteiger charge is 2.21. The number of nitrogens with one attached hydrogen (secondary N) is 2. The summed E-state index contributed by atoms with van der Waals surface area (Å²) in [5.41, 5.74) is 5.82. The number of aromatic nitrogens is 1. The summed E-state index contributed by atoms with van der Waals surface area (Å²) < 4.78 is 0. The van der Waals surface area contributed by atoms with Crippen molar-refractivity contribution in [2.24, 2.45) is 5.92 Å². The molecule has 1 aliphatic carbocycles. The number of nitrogens with two attached hydrogens (primary N) is 1. The fourth-order valence-corrected chi connectivity index (χ4v) is 2.98. The number of hydrogen-bond acceptors (Lipinski definition) is 5. The number of carbonyl (C=O) groups is 1. The Morgan fingerprint density at radius 3 is 2.79 bits per heavy atom. The van der Waals surface area contributed by atoms with Crippen molar-refractivity contribution in [2.75, 3.05) is 17.6 Å². The molecule has 1 aromatic heterocycles. The molecule has 6 heteroatoms. The van der Waals surface area contributed by atoms with E-state index in [-0.39, 0.29) is 5.91 Å². The lowest BCUT2D eigenvalue weighted by Gasteiger charge is -2.10. The average Bonchev–Trinajstić information content (AvgIpc) is 2.96. The first-order valence-corrected chi connectivity index (χ1v) is 7.69. The van der Waals surface area contributed by atoms with Crippen molar-refractivity contribution in [1.29, 1.82) is 0 Å². The number of carbonyl (C=O) groups excluding carboxylic acids is 1. The van der Waals surface area contributed by atoms with Crippen molar-refractivity contribution in [3.8, 4) is 0 Å². The maximum Gasteiger partial charge on any atom is 0.265 e. The second-order valence-electron chi connectivity index (χ2n) is 5.46. The monoisotopic (exact) mass is 282 g/mol. The van der Waals surface area contributed by atoms with Gasteiger partial charge in [-0.1, -0.05) is 38.0 Å². The number of nitrogen functional groups attached to an aromatic ring is 1. The molecule has 1 amide bonds. The summed E-state index contributed by atoms with van der Waals surface area (Å²) in [5, 5.41) is 6.96. The first kappa shape index (κ1) is 14.1. The first-order valence-electron chi connectivity index (χ1n) is 6.87. The van der Waals surface area contributed by atoms with Crippen molar-refractivity contribution in [2.45, 2.75) is 45.6 Å². The number of hydrogen-bond donors (Lipinski definition) is 3. The van der Waals surface area contributed by atoms with Gasteiger partial charge < -0.3 is 16.4 Å². The lowest BCUT2D eigenvalue weighted by atomic mass is 10.2. The molecule has 0 unspecified atom stereocenters. The van der Waals surface area contributed by atoms with Crippen molar-refractivity contribution in [3.05, 3.63) is 4.88 Å². The minimum Gasteiger partial charge on any atom is -0.382 e. The summed E-state index contributed by atoms with van der Waals surface area (Å²) in [5.74, 6) is 0.770. The molecule has 0 saturated heterocycles. The predicted octanol–water partition coefficient (Wildman–Crippen LogP) is 2.47. The van der Waals surface area contributed by atoms with Crippen molar-refractivity contribution >= 4 is 28.2 Å². The van der Waals surface area contributed by atoms with E-state index in [4.69, 9.17) is 5.73 Å². The Balaban J connectivity index is 1.96. The largest absolute Gasteiger partial charge is 0.382 e. The Bertz CT molecular complexity index is 438. The van der Waals surface area contributed by atoms with Gasteiger partial charge in [-0.15, -0.1) is 0 Å². The molecule has 0 atom stereocenters. The van der Waals surface area contributed by atoms with Crippen LogP contribution in [0.4, 0.5) is 10.9 Å². The fourth-order valence-electron chi connectivity index (χ4n) is 2.18. The van der Waals surface area contributed by atoms with E-state index in [9.17, 15) is 4.79 Å². The molecule has 2 rings (SSSR count). The number of nitrogens with zero attached hydrogens (tertiary/aromatic N) is 1. The molecule has 0 bridgehead atoms. The zero-order valence-electron chi connectivity index (χ0n) is 11.5. The molecule has 1 aromatic rings. The molecule has 0 radical (unpaired) electrons. The summed E-state index contributed by atoms with van der Waals surface area (Å²) in [4.78, 5) is 16.9. The van der Waals surface area contributed by atoms with E-state index in [1.54, 1.807) is 0 Å². The van der Waals surface area contributed by atoms with Gasteiger partial charge in [0, 0.05) is 12.6 Å². The number of amides is 1. The third-order valence-electron chi connectivity index (χ3n) is 3.21.